The Morgan fingerprint density at radius 1 is 1.00 bits per heavy atom. The number of hydrogen-bond donors (Lipinski definition) is 2. The first-order chi connectivity index (χ1) is 11.8. The van der Waals surface area contributed by atoms with Crippen LogP contribution in [-0.2, 0) is 16.2 Å². The Morgan fingerprint density at radius 2 is 1.64 bits per heavy atom. The van der Waals surface area contributed by atoms with Gasteiger partial charge < -0.3 is 0 Å². The van der Waals surface area contributed by atoms with Gasteiger partial charge in [0.25, 0.3) is 10.0 Å². The summed E-state index contributed by atoms with van der Waals surface area (Å²) in [6, 6.07) is 9.95. The van der Waals surface area contributed by atoms with Crippen molar-refractivity contribution in [1.82, 2.24) is 15.2 Å². The van der Waals surface area contributed by atoms with Crippen LogP contribution in [0.5, 0.6) is 0 Å². The third-order valence-electron chi connectivity index (χ3n) is 3.30. The van der Waals surface area contributed by atoms with E-state index in [9.17, 15) is 21.6 Å². The third kappa shape index (κ3) is 3.48. The van der Waals surface area contributed by atoms with Gasteiger partial charge in [-0.25, -0.2) is 8.42 Å². The molecule has 3 aromatic rings. The Hall–Kier alpha value is -2.88. The highest BCUT2D eigenvalue weighted by Crippen LogP contribution is 2.39. The Bertz CT molecular complexity index is 971. The van der Waals surface area contributed by atoms with Crippen LogP contribution in [0.15, 0.2) is 59.8 Å². The van der Waals surface area contributed by atoms with Crippen LogP contribution in [0.2, 0.25) is 0 Å². The summed E-state index contributed by atoms with van der Waals surface area (Å²) in [5, 5.41) is 5.38. The lowest BCUT2D eigenvalue weighted by Gasteiger charge is -2.10. The van der Waals surface area contributed by atoms with Crippen LogP contribution in [0.3, 0.4) is 0 Å². The minimum Gasteiger partial charge on any atom is -0.271 e. The number of aromatic amines is 1. The second-order valence-electron chi connectivity index (χ2n) is 4.97. The fourth-order valence-electron chi connectivity index (χ4n) is 2.21. The molecular formula is C15H11F3N4O2S. The number of rotatable bonds is 4. The van der Waals surface area contributed by atoms with Gasteiger partial charge in [-0.2, -0.15) is 18.3 Å². The molecule has 0 aliphatic rings. The number of H-pyrrole nitrogens is 1. The molecule has 0 amide bonds. The van der Waals surface area contributed by atoms with Crippen LogP contribution in [0.25, 0.3) is 11.1 Å². The number of nitrogens with zero attached hydrogens (tertiary/aromatic N) is 2. The van der Waals surface area contributed by atoms with E-state index in [1.54, 1.807) is 6.07 Å². The van der Waals surface area contributed by atoms with Crippen molar-refractivity contribution < 1.29 is 21.6 Å². The molecule has 0 saturated heterocycles. The van der Waals surface area contributed by atoms with Gasteiger partial charge in [0.1, 0.15) is 5.69 Å². The van der Waals surface area contributed by atoms with Crippen molar-refractivity contribution in [3.63, 3.8) is 0 Å². The number of alkyl halides is 3. The molecular weight excluding hydrogens is 357 g/mol. The lowest BCUT2D eigenvalue weighted by molar-refractivity contribution is -0.140. The van der Waals surface area contributed by atoms with Crippen LogP contribution < -0.4 is 4.72 Å². The maximum Gasteiger partial charge on any atom is 0.433 e. The summed E-state index contributed by atoms with van der Waals surface area (Å²) in [5.41, 5.74) is -1.42. The molecule has 10 heteroatoms. The molecule has 0 aliphatic carbocycles. The Morgan fingerprint density at radius 3 is 2.24 bits per heavy atom. The van der Waals surface area contributed by atoms with Gasteiger partial charge in [-0.15, -0.1) is 0 Å². The van der Waals surface area contributed by atoms with Crippen molar-refractivity contribution in [3.8, 4) is 11.1 Å². The zero-order valence-electron chi connectivity index (χ0n) is 12.4. The second-order valence-corrected chi connectivity index (χ2v) is 6.66. The quantitative estimate of drug-likeness (QED) is 0.740. The average molecular weight is 368 g/mol. The summed E-state index contributed by atoms with van der Waals surface area (Å²) in [7, 11) is -4.09. The molecule has 0 bridgehead atoms. The Labute approximate surface area is 140 Å². The molecule has 2 heterocycles. The normalized spacial score (nSPS) is 12.1. The monoisotopic (exact) mass is 368 g/mol. The maximum atomic E-state index is 13.2. The van der Waals surface area contributed by atoms with E-state index in [4.69, 9.17) is 0 Å². The molecule has 1 aromatic carbocycles. The van der Waals surface area contributed by atoms with E-state index in [2.05, 4.69) is 14.8 Å². The molecule has 2 N–H and O–H groups in total. The summed E-state index contributed by atoms with van der Waals surface area (Å²) in [4.78, 5) is 3.66. The van der Waals surface area contributed by atoms with Gasteiger partial charge in [-0.3, -0.25) is 14.8 Å². The van der Waals surface area contributed by atoms with E-state index >= 15 is 0 Å². The Kier molecular flexibility index (Phi) is 4.21. The lowest BCUT2D eigenvalue weighted by atomic mass is 10.1. The van der Waals surface area contributed by atoms with Crippen molar-refractivity contribution in [2.45, 2.75) is 11.1 Å². The van der Waals surface area contributed by atoms with Crippen molar-refractivity contribution in [2.24, 2.45) is 0 Å². The van der Waals surface area contributed by atoms with Crippen LogP contribution in [-0.4, -0.2) is 23.6 Å². The van der Waals surface area contributed by atoms with Gasteiger partial charge in [0.05, 0.1) is 10.5 Å². The van der Waals surface area contributed by atoms with Gasteiger partial charge in [0.2, 0.25) is 0 Å². The fourth-order valence-corrected chi connectivity index (χ4v) is 3.24. The number of pyridine rings is 1. The third-order valence-corrected chi connectivity index (χ3v) is 4.66. The van der Waals surface area contributed by atoms with E-state index in [1.165, 1.54) is 48.8 Å². The molecule has 25 heavy (non-hydrogen) atoms. The van der Waals surface area contributed by atoms with Crippen molar-refractivity contribution >= 4 is 15.8 Å². The molecule has 2 aromatic heterocycles. The number of halogens is 3. The molecule has 130 valence electrons. The second kappa shape index (κ2) is 6.20. The van der Waals surface area contributed by atoms with Gasteiger partial charge in [0.15, 0.2) is 5.82 Å². The maximum absolute atomic E-state index is 13.2. The molecule has 0 aliphatic heterocycles. The van der Waals surface area contributed by atoms with E-state index in [0.717, 1.165) is 0 Å². The molecule has 0 spiro atoms. The number of benzene rings is 1. The molecule has 0 radical (unpaired) electrons. The molecule has 0 fully saturated rings. The van der Waals surface area contributed by atoms with Crippen LogP contribution in [0.4, 0.5) is 19.0 Å². The van der Waals surface area contributed by atoms with E-state index in [0.29, 0.717) is 0 Å². The predicted octanol–water partition coefficient (Wildman–Crippen LogP) is 3.29. The first kappa shape index (κ1) is 17.0. The largest absolute Gasteiger partial charge is 0.433 e. The minimum absolute atomic E-state index is 0.0905. The number of anilines is 1. The highest BCUT2D eigenvalue weighted by molar-refractivity contribution is 7.92. The number of hydrogen-bond acceptors (Lipinski definition) is 4. The molecule has 6 nitrogen and oxygen atoms in total. The van der Waals surface area contributed by atoms with E-state index in [-0.39, 0.29) is 10.5 Å². The first-order valence-electron chi connectivity index (χ1n) is 6.93. The fraction of sp³-hybridized carbons (Fsp3) is 0.0667. The summed E-state index contributed by atoms with van der Waals surface area (Å²) in [6.45, 7) is 0. The predicted molar refractivity (Wildman–Crippen MR) is 84.1 cm³/mol. The van der Waals surface area contributed by atoms with Gasteiger partial charge in [0, 0.05) is 12.4 Å². The number of nitrogens with one attached hydrogen (secondary N) is 2. The summed E-state index contributed by atoms with van der Waals surface area (Å²) < 4.78 is 66.6. The van der Waals surface area contributed by atoms with Crippen molar-refractivity contribution in [3.05, 3.63) is 60.6 Å². The zero-order valence-corrected chi connectivity index (χ0v) is 13.3. The Balaban J connectivity index is 2.10. The van der Waals surface area contributed by atoms with Crippen LogP contribution in [0.1, 0.15) is 5.69 Å². The molecule has 0 unspecified atom stereocenters. The minimum atomic E-state index is -4.73. The van der Waals surface area contributed by atoms with Gasteiger partial charge in [-0.1, -0.05) is 18.2 Å². The standard InChI is InChI=1S/C15H11F3N4O2S/c16-15(17,18)13-12(10-6-8-19-9-7-10)14(21-20-13)22-25(23,24)11-4-2-1-3-5-11/h1-9H,(H2,20,21,22). The first-order valence-corrected chi connectivity index (χ1v) is 8.41. The summed E-state index contributed by atoms with van der Waals surface area (Å²) in [6.07, 6.45) is -2.13. The van der Waals surface area contributed by atoms with Crippen LogP contribution in [0, 0.1) is 0 Å². The summed E-state index contributed by atoms with van der Waals surface area (Å²) in [5.74, 6) is -0.442. The number of aromatic nitrogens is 3. The van der Waals surface area contributed by atoms with Gasteiger partial charge in [-0.05, 0) is 29.8 Å². The molecule has 0 atom stereocenters. The zero-order chi connectivity index (χ0) is 18.1. The molecule has 0 saturated carbocycles. The van der Waals surface area contributed by atoms with Crippen LogP contribution >= 0.6 is 0 Å². The lowest BCUT2D eigenvalue weighted by Crippen LogP contribution is -2.14. The van der Waals surface area contributed by atoms with E-state index in [1.807, 2.05) is 5.10 Å². The highest BCUT2D eigenvalue weighted by Gasteiger charge is 2.38. The van der Waals surface area contributed by atoms with Crippen molar-refractivity contribution in [1.29, 1.82) is 0 Å². The van der Waals surface area contributed by atoms with E-state index < -0.39 is 33.3 Å². The SMILES string of the molecule is O=S(=O)(Nc1n[nH]c(C(F)(F)F)c1-c1ccncc1)c1ccccc1. The average Bonchev–Trinajstić information content (AvgIpc) is 2.99. The highest BCUT2D eigenvalue weighted by atomic mass is 32.2. The van der Waals surface area contributed by atoms with Crippen molar-refractivity contribution in [2.75, 3.05) is 4.72 Å². The smallest absolute Gasteiger partial charge is 0.271 e. The molecule has 3 rings (SSSR count). The van der Waals surface area contributed by atoms with Gasteiger partial charge >= 0.3 is 6.18 Å². The summed E-state index contributed by atoms with van der Waals surface area (Å²) >= 11 is 0. The number of sulfonamides is 1. The topological polar surface area (TPSA) is 87.7 Å².